The number of benzene rings is 1. The first-order chi connectivity index (χ1) is 14.2. The van der Waals surface area contributed by atoms with Gasteiger partial charge in [-0.25, -0.2) is 5.43 Å². The third-order valence-electron chi connectivity index (χ3n) is 6.35. The van der Waals surface area contributed by atoms with Crippen LogP contribution in [0.3, 0.4) is 0 Å². The van der Waals surface area contributed by atoms with Crippen molar-refractivity contribution in [3.63, 3.8) is 0 Å². The third-order valence-corrected chi connectivity index (χ3v) is 6.35. The molecule has 1 aromatic carbocycles. The fourth-order valence-electron chi connectivity index (χ4n) is 4.32. The van der Waals surface area contributed by atoms with Gasteiger partial charge >= 0.3 is 0 Å². The molecule has 1 saturated heterocycles. The van der Waals surface area contributed by atoms with E-state index in [1.165, 1.54) is 5.56 Å². The monoisotopic (exact) mass is 397 g/mol. The van der Waals surface area contributed by atoms with Crippen LogP contribution in [-0.4, -0.2) is 60.2 Å². The van der Waals surface area contributed by atoms with Gasteiger partial charge in [0.1, 0.15) is 5.71 Å². The molecule has 2 aliphatic heterocycles. The highest BCUT2D eigenvalue weighted by atomic mass is 16.2. The van der Waals surface area contributed by atoms with Crippen molar-refractivity contribution < 1.29 is 9.59 Å². The second-order valence-corrected chi connectivity index (χ2v) is 8.38. The second kappa shape index (κ2) is 9.50. The summed E-state index contributed by atoms with van der Waals surface area (Å²) < 4.78 is 0. The van der Waals surface area contributed by atoms with Gasteiger partial charge in [-0.3, -0.25) is 9.59 Å². The van der Waals surface area contributed by atoms with Crippen molar-refractivity contribution >= 4 is 17.5 Å². The highest BCUT2D eigenvalue weighted by molar-refractivity contribution is 6.39. The fourth-order valence-corrected chi connectivity index (χ4v) is 4.32. The van der Waals surface area contributed by atoms with Crippen molar-refractivity contribution in [3.05, 3.63) is 35.9 Å². The highest BCUT2D eigenvalue weighted by Gasteiger charge is 2.35. The molecule has 7 nitrogen and oxygen atoms in total. The predicted octanol–water partition coefficient (Wildman–Crippen LogP) is 1.20. The summed E-state index contributed by atoms with van der Waals surface area (Å²) >= 11 is 0. The van der Waals surface area contributed by atoms with Crippen LogP contribution in [0.4, 0.5) is 0 Å². The van der Waals surface area contributed by atoms with E-state index in [4.69, 9.17) is 0 Å². The number of nitrogens with zero attached hydrogens (tertiary/aromatic N) is 2. The lowest BCUT2D eigenvalue weighted by Gasteiger charge is -2.42. The number of hydrazone groups is 1. The lowest BCUT2D eigenvalue weighted by Crippen LogP contribution is -2.61. The van der Waals surface area contributed by atoms with Crippen LogP contribution in [0.2, 0.25) is 0 Å². The zero-order valence-corrected chi connectivity index (χ0v) is 16.9. The van der Waals surface area contributed by atoms with E-state index < -0.39 is 0 Å². The second-order valence-electron chi connectivity index (χ2n) is 8.38. The standard InChI is InChI=1S/C22H31N5O2/c28-21-9-8-20(25-26-21)22(29)24-19-7-6-18(19)23-17-11-14-27(15-12-17)13-10-16-4-2-1-3-5-16/h1-5,17-19,23H,6-15H2,(H,24,29)(H,26,28)/t18-,19+/m1/s1. The van der Waals surface area contributed by atoms with Gasteiger partial charge in [-0.1, -0.05) is 30.3 Å². The molecule has 7 heteroatoms. The Morgan fingerprint density at radius 3 is 2.48 bits per heavy atom. The molecular formula is C22H31N5O2. The number of likely N-dealkylation sites (tertiary alicyclic amines) is 1. The van der Waals surface area contributed by atoms with E-state index in [1.807, 2.05) is 0 Å². The Balaban J connectivity index is 1.16. The molecule has 0 spiro atoms. The summed E-state index contributed by atoms with van der Waals surface area (Å²) in [7, 11) is 0. The molecule has 2 heterocycles. The van der Waals surface area contributed by atoms with Gasteiger partial charge in [-0.2, -0.15) is 5.10 Å². The Kier molecular flexibility index (Phi) is 6.56. The molecule has 2 fully saturated rings. The van der Waals surface area contributed by atoms with Crippen LogP contribution in [0.15, 0.2) is 35.4 Å². The Bertz CT molecular complexity index is 743. The van der Waals surface area contributed by atoms with Crippen LogP contribution >= 0.6 is 0 Å². The summed E-state index contributed by atoms with van der Waals surface area (Å²) in [5.41, 5.74) is 4.23. The molecule has 0 aromatic heterocycles. The molecule has 4 rings (SSSR count). The van der Waals surface area contributed by atoms with Crippen molar-refractivity contribution in [3.8, 4) is 0 Å². The average molecular weight is 398 g/mol. The van der Waals surface area contributed by atoms with Crippen LogP contribution in [-0.2, 0) is 16.0 Å². The Morgan fingerprint density at radius 1 is 1.07 bits per heavy atom. The molecule has 0 unspecified atom stereocenters. The first-order valence-electron chi connectivity index (χ1n) is 10.9. The summed E-state index contributed by atoms with van der Waals surface area (Å²) in [6, 6.07) is 11.7. The number of amides is 2. The fraction of sp³-hybridized carbons (Fsp3) is 0.591. The first kappa shape index (κ1) is 20.0. The smallest absolute Gasteiger partial charge is 0.267 e. The molecule has 0 radical (unpaired) electrons. The summed E-state index contributed by atoms with van der Waals surface area (Å²) in [4.78, 5) is 26.1. The maximum absolute atomic E-state index is 12.3. The molecule has 0 bridgehead atoms. The maximum Gasteiger partial charge on any atom is 0.267 e. The maximum atomic E-state index is 12.3. The number of piperidine rings is 1. The molecule has 29 heavy (non-hydrogen) atoms. The van der Waals surface area contributed by atoms with Crippen molar-refractivity contribution in [2.45, 2.75) is 63.1 Å². The Morgan fingerprint density at radius 2 is 1.83 bits per heavy atom. The van der Waals surface area contributed by atoms with Gasteiger partial charge in [0.15, 0.2) is 0 Å². The van der Waals surface area contributed by atoms with E-state index in [2.05, 4.69) is 56.4 Å². The van der Waals surface area contributed by atoms with Gasteiger partial charge in [-0.15, -0.1) is 0 Å². The number of nitrogens with one attached hydrogen (secondary N) is 3. The van der Waals surface area contributed by atoms with E-state index in [0.717, 1.165) is 51.7 Å². The van der Waals surface area contributed by atoms with Crippen molar-refractivity contribution in [1.82, 2.24) is 21.0 Å². The van der Waals surface area contributed by atoms with E-state index in [9.17, 15) is 9.59 Å². The number of carbonyl (C=O) groups excluding carboxylic acids is 2. The van der Waals surface area contributed by atoms with Crippen LogP contribution in [0.1, 0.15) is 44.1 Å². The zero-order valence-electron chi connectivity index (χ0n) is 16.9. The van der Waals surface area contributed by atoms with Gasteiger partial charge < -0.3 is 15.5 Å². The molecule has 3 N–H and O–H groups in total. The van der Waals surface area contributed by atoms with Crippen molar-refractivity contribution in [2.75, 3.05) is 19.6 Å². The molecule has 1 saturated carbocycles. The first-order valence-corrected chi connectivity index (χ1v) is 10.9. The van der Waals surface area contributed by atoms with Crippen LogP contribution in [0, 0.1) is 0 Å². The number of hydrogen-bond donors (Lipinski definition) is 3. The molecule has 2 amide bonds. The van der Waals surface area contributed by atoms with E-state index in [0.29, 0.717) is 30.6 Å². The van der Waals surface area contributed by atoms with Crippen LogP contribution < -0.4 is 16.1 Å². The highest BCUT2D eigenvalue weighted by Crippen LogP contribution is 2.23. The Labute approximate surface area is 172 Å². The summed E-state index contributed by atoms with van der Waals surface area (Å²) in [6.07, 6.45) is 6.28. The van der Waals surface area contributed by atoms with Gasteiger partial charge in [0.05, 0.1) is 0 Å². The average Bonchev–Trinajstić information content (AvgIpc) is 2.75. The molecular weight excluding hydrogens is 366 g/mol. The topological polar surface area (TPSA) is 85.8 Å². The number of rotatable bonds is 7. The van der Waals surface area contributed by atoms with Gasteiger partial charge in [0, 0.05) is 37.5 Å². The quantitative estimate of drug-likeness (QED) is 0.645. The van der Waals surface area contributed by atoms with E-state index in [1.54, 1.807) is 0 Å². The SMILES string of the molecule is O=C1CCC(C(=O)N[C@H]2CC[C@H]2NC2CCN(CCc3ccccc3)CC2)=NN1. The van der Waals surface area contributed by atoms with Gasteiger partial charge in [0.25, 0.3) is 5.91 Å². The lowest BCUT2D eigenvalue weighted by molar-refractivity contribution is -0.121. The minimum absolute atomic E-state index is 0.125. The molecule has 3 aliphatic rings. The molecule has 1 aromatic rings. The minimum atomic E-state index is -0.141. The normalized spacial score (nSPS) is 25.7. The molecule has 1 aliphatic carbocycles. The van der Waals surface area contributed by atoms with Gasteiger partial charge in [-0.05, 0) is 50.8 Å². The number of carbonyl (C=O) groups is 2. The lowest BCUT2D eigenvalue weighted by atomic mass is 9.84. The van der Waals surface area contributed by atoms with Crippen molar-refractivity contribution in [2.24, 2.45) is 5.10 Å². The van der Waals surface area contributed by atoms with Crippen molar-refractivity contribution in [1.29, 1.82) is 0 Å². The summed E-state index contributed by atoms with van der Waals surface area (Å²) in [5.74, 6) is -0.267. The number of hydrogen-bond acceptors (Lipinski definition) is 5. The molecule has 156 valence electrons. The largest absolute Gasteiger partial charge is 0.347 e. The van der Waals surface area contributed by atoms with Crippen LogP contribution in [0.25, 0.3) is 0 Å². The van der Waals surface area contributed by atoms with Gasteiger partial charge in [0.2, 0.25) is 5.91 Å². The molecule has 2 atom stereocenters. The van der Waals surface area contributed by atoms with E-state index >= 15 is 0 Å². The van der Waals surface area contributed by atoms with E-state index in [-0.39, 0.29) is 17.9 Å². The minimum Gasteiger partial charge on any atom is -0.347 e. The predicted molar refractivity (Wildman–Crippen MR) is 113 cm³/mol. The Hall–Kier alpha value is -2.25. The summed E-state index contributed by atoms with van der Waals surface area (Å²) in [5, 5.41) is 10.7. The summed E-state index contributed by atoms with van der Waals surface area (Å²) in [6.45, 7) is 3.38. The van der Waals surface area contributed by atoms with Crippen LogP contribution in [0.5, 0.6) is 0 Å². The third kappa shape index (κ3) is 5.42. The zero-order chi connectivity index (χ0) is 20.1.